The lowest BCUT2D eigenvalue weighted by Crippen LogP contribution is -2.67. The van der Waals surface area contributed by atoms with Crippen LogP contribution in [0.2, 0.25) is 0 Å². The number of hydrogen-bond donors (Lipinski definition) is 8. The summed E-state index contributed by atoms with van der Waals surface area (Å²) < 4.78 is 15.0. The first kappa shape index (κ1) is 18.9. The largest absolute Gasteiger partial charge is 0.387 e. The minimum absolute atomic E-state index is 1.17. The van der Waals surface area contributed by atoms with Crippen molar-refractivity contribution < 1.29 is 55.1 Å². The second kappa shape index (κ2) is 7.21. The van der Waals surface area contributed by atoms with Gasteiger partial charge in [-0.25, -0.2) is 0 Å². The molecule has 1 saturated heterocycles. The third kappa shape index (κ3) is 3.36. The smallest absolute Gasteiger partial charge is 0.189 e. The van der Waals surface area contributed by atoms with Gasteiger partial charge in [0.15, 0.2) is 12.6 Å². The molecule has 0 spiro atoms. The predicted octanol–water partition coefficient (Wildman–Crippen LogP) is -5.40. The molecule has 1 aliphatic heterocycles. The first-order valence-corrected chi connectivity index (χ1v) is 6.99. The van der Waals surface area contributed by atoms with E-state index in [1.54, 1.807) is 0 Å². The zero-order valence-electron chi connectivity index (χ0n) is 12.2. The van der Waals surface area contributed by atoms with Crippen LogP contribution in [-0.2, 0) is 14.2 Å². The summed E-state index contributed by atoms with van der Waals surface area (Å²) in [4.78, 5) is 0. The Morgan fingerprint density at radius 3 is 1.43 bits per heavy atom. The van der Waals surface area contributed by atoms with Crippen molar-refractivity contribution in [1.29, 1.82) is 0 Å². The lowest BCUT2D eigenvalue weighted by molar-refractivity contribution is -0.369. The molecule has 0 aromatic heterocycles. The molecule has 0 aromatic rings. The van der Waals surface area contributed by atoms with Crippen molar-refractivity contribution in [2.75, 3.05) is 7.11 Å². The molecule has 2 rings (SSSR count). The summed E-state index contributed by atoms with van der Waals surface area (Å²) in [5.74, 6) is 0. The van der Waals surface area contributed by atoms with Crippen LogP contribution in [0, 0.1) is 0 Å². The molecule has 0 bridgehead atoms. The highest BCUT2D eigenvalue weighted by molar-refractivity contribution is 5.00. The van der Waals surface area contributed by atoms with Crippen molar-refractivity contribution in [3.05, 3.63) is 0 Å². The topological polar surface area (TPSA) is 190 Å². The SMILES string of the molecule is CO[C@H]1O[C@@H](OC2[C@@H](O)[C@H](O)C(O)[C@H](O)[C@@H]2O)[C@H](O)[C@@H](O)[C@@H]1O. The summed E-state index contributed by atoms with van der Waals surface area (Å²) in [5.41, 5.74) is 0. The number of rotatable bonds is 3. The van der Waals surface area contributed by atoms with E-state index in [0.29, 0.717) is 0 Å². The third-order valence-electron chi connectivity index (χ3n) is 4.12. The van der Waals surface area contributed by atoms with Crippen molar-refractivity contribution in [2.24, 2.45) is 0 Å². The van der Waals surface area contributed by atoms with Gasteiger partial charge in [-0.15, -0.1) is 0 Å². The highest BCUT2D eigenvalue weighted by atomic mass is 16.8. The molecule has 136 valence electrons. The Bertz CT molecular complexity index is 377. The Hall–Kier alpha value is -0.440. The summed E-state index contributed by atoms with van der Waals surface area (Å²) in [7, 11) is 1.17. The fourth-order valence-electron chi connectivity index (χ4n) is 2.64. The summed E-state index contributed by atoms with van der Waals surface area (Å²) >= 11 is 0. The molecule has 8 N–H and O–H groups in total. The zero-order valence-corrected chi connectivity index (χ0v) is 12.2. The Kier molecular flexibility index (Phi) is 5.92. The molecule has 2 fully saturated rings. The van der Waals surface area contributed by atoms with Crippen LogP contribution in [-0.4, -0.2) is 115 Å². The van der Waals surface area contributed by atoms with Crippen LogP contribution < -0.4 is 0 Å². The van der Waals surface area contributed by atoms with Gasteiger partial charge in [-0.3, -0.25) is 0 Å². The number of aliphatic hydroxyl groups is 8. The lowest BCUT2D eigenvalue weighted by Gasteiger charge is -2.45. The first-order valence-electron chi connectivity index (χ1n) is 6.99. The first-order chi connectivity index (χ1) is 10.7. The number of ether oxygens (including phenoxy) is 3. The Labute approximate surface area is 130 Å². The second-order valence-electron chi connectivity index (χ2n) is 5.63. The maximum Gasteiger partial charge on any atom is 0.189 e. The fourth-order valence-corrected chi connectivity index (χ4v) is 2.64. The van der Waals surface area contributed by atoms with Gasteiger partial charge in [0.05, 0.1) is 0 Å². The van der Waals surface area contributed by atoms with Gasteiger partial charge in [0.1, 0.15) is 54.9 Å². The monoisotopic (exact) mass is 342 g/mol. The van der Waals surface area contributed by atoms with Crippen molar-refractivity contribution in [3.8, 4) is 0 Å². The minimum atomic E-state index is -1.81. The minimum Gasteiger partial charge on any atom is -0.387 e. The fraction of sp³-hybridized carbons (Fsp3) is 1.00. The van der Waals surface area contributed by atoms with Crippen LogP contribution in [0.1, 0.15) is 0 Å². The molecule has 1 aliphatic carbocycles. The maximum absolute atomic E-state index is 9.87. The van der Waals surface area contributed by atoms with Gasteiger partial charge in [-0.1, -0.05) is 0 Å². The molecule has 11 nitrogen and oxygen atoms in total. The molecule has 2 unspecified atom stereocenters. The van der Waals surface area contributed by atoms with E-state index in [-0.39, 0.29) is 0 Å². The number of aliphatic hydroxyl groups excluding tert-OH is 8. The van der Waals surface area contributed by atoms with Crippen molar-refractivity contribution >= 4 is 0 Å². The summed E-state index contributed by atoms with van der Waals surface area (Å²) in [5, 5.41) is 77.7. The number of methoxy groups -OCH3 is 1. The molecular weight excluding hydrogens is 320 g/mol. The number of hydrogen-bond acceptors (Lipinski definition) is 11. The van der Waals surface area contributed by atoms with E-state index in [1.165, 1.54) is 7.11 Å². The zero-order chi connectivity index (χ0) is 17.5. The third-order valence-corrected chi connectivity index (χ3v) is 4.12. The second-order valence-corrected chi connectivity index (χ2v) is 5.63. The van der Waals surface area contributed by atoms with Gasteiger partial charge in [0.2, 0.25) is 0 Å². The predicted molar refractivity (Wildman–Crippen MR) is 68.6 cm³/mol. The van der Waals surface area contributed by atoms with Gasteiger partial charge in [0.25, 0.3) is 0 Å². The van der Waals surface area contributed by atoms with Crippen molar-refractivity contribution in [3.63, 3.8) is 0 Å². The molecular formula is C12H22O11. The Balaban J connectivity index is 2.13. The van der Waals surface area contributed by atoms with Gasteiger partial charge in [0, 0.05) is 7.11 Å². The van der Waals surface area contributed by atoms with Crippen LogP contribution in [0.25, 0.3) is 0 Å². The van der Waals surface area contributed by atoms with E-state index in [0.717, 1.165) is 0 Å². The summed E-state index contributed by atoms with van der Waals surface area (Å²) in [6.45, 7) is 0. The molecule has 0 amide bonds. The standard InChI is InChI=1S/C12H22O11/c1-21-11-8(19)5(16)9(20)12(23-11)22-10-6(17)3(14)2(13)4(15)7(10)18/h2-20H,1H3/t2?,3-,4+,5-,6-,7-,8-,9+,10?,11-,12+/m0/s1. The van der Waals surface area contributed by atoms with Crippen molar-refractivity contribution in [1.82, 2.24) is 0 Å². The van der Waals surface area contributed by atoms with E-state index < -0.39 is 67.5 Å². The van der Waals surface area contributed by atoms with E-state index in [4.69, 9.17) is 14.2 Å². The van der Waals surface area contributed by atoms with E-state index in [1.807, 2.05) is 0 Å². The summed E-state index contributed by atoms with van der Waals surface area (Å²) in [6, 6.07) is 0. The molecule has 2 aliphatic rings. The van der Waals surface area contributed by atoms with Crippen LogP contribution in [0.15, 0.2) is 0 Å². The lowest BCUT2D eigenvalue weighted by atomic mass is 9.85. The van der Waals surface area contributed by atoms with Crippen LogP contribution in [0.3, 0.4) is 0 Å². The van der Waals surface area contributed by atoms with E-state index in [9.17, 15) is 40.9 Å². The Morgan fingerprint density at radius 2 is 0.957 bits per heavy atom. The van der Waals surface area contributed by atoms with Crippen LogP contribution in [0.4, 0.5) is 0 Å². The molecule has 0 radical (unpaired) electrons. The molecule has 1 heterocycles. The van der Waals surface area contributed by atoms with Gasteiger partial charge in [-0.2, -0.15) is 0 Å². The maximum atomic E-state index is 9.87. The molecule has 11 atom stereocenters. The molecule has 11 heteroatoms. The van der Waals surface area contributed by atoms with Crippen molar-refractivity contribution in [2.45, 2.75) is 67.5 Å². The quantitative estimate of drug-likeness (QED) is 0.244. The van der Waals surface area contributed by atoms with Crippen LogP contribution >= 0.6 is 0 Å². The molecule has 1 saturated carbocycles. The average molecular weight is 342 g/mol. The average Bonchev–Trinajstić information content (AvgIpc) is 2.54. The van der Waals surface area contributed by atoms with Crippen LogP contribution in [0.5, 0.6) is 0 Å². The van der Waals surface area contributed by atoms with E-state index in [2.05, 4.69) is 0 Å². The van der Waals surface area contributed by atoms with Gasteiger partial charge >= 0.3 is 0 Å². The summed E-state index contributed by atoms with van der Waals surface area (Å²) in [6.07, 6.45) is -18.7. The highest BCUT2D eigenvalue weighted by Gasteiger charge is 2.52. The highest BCUT2D eigenvalue weighted by Crippen LogP contribution is 2.29. The van der Waals surface area contributed by atoms with E-state index >= 15 is 0 Å². The Morgan fingerprint density at radius 1 is 0.565 bits per heavy atom. The van der Waals surface area contributed by atoms with Gasteiger partial charge in [-0.05, 0) is 0 Å². The molecule has 0 aromatic carbocycles. The van der Waals surface area contributed by atoms with Gasteiger partial charge < -0.3 is 55.1 Å². The normalized spacial score (nSPS) is 54.9. The molecule has 23 heavy (non-hydrogen) atoms.